The van der Waals surface area contributed by atoms with Gasteiger partial charge in [-0.1, -0.05) is 19.0 Å². The van der Waals surface area contributed by atoms with Crippen LogP contribution >= 0.6 is 0 Å². The van der Waals surface area contributed by atoms with Crippen LogP contribution in [0.4, 0.5) is 0 Å². The van der Waals surface area contributed by atoms with E-state index in [1.54, 1.807) is 6.07 Å². The van der Waals surface area contributed by atoms with E-state index in [4.69, 9.17) is 14.4 Å². The van der Waals surface area contributed by atoms with Gasteiger partial charge >= 0.3 is 5.97 Å². The maximum absolute atomic E-state index is 10.5. The lowest BCUT2D eigenvalue weighted by Crippen LogP contribution is -2.08. The number of carbonyl (C=O) groups is 1. The lowest BCUT2D eigenvalue weighted by molar-refractivity contribution is -0.139. The molecule has 0 aliphatic carbocycles. The number of carboxylic acid groups (broad SMARTS) is 1. The Hall–Kier alpha value is -1.36. The fourth-order valence-electron chi connectivity index (χ4n) is 1.19. The second-order valence-electron chi connectivity index (χ2n) is 3.63. The number of nitrogens with zero attached hydrogens (tertiary/aromatic N) is 1. The minimum absolute atomic E-state index is 0.111. The Labute approximate surface area is 88.0 Å². The van der Waals surface area contributed by atoms with E-state index in [9.17, 15) is 4.79 Å². The van der Waals surface area contributed by atoms with Crippen LogP contribution in [-0.2, 0) is 9.53 Å². The molecule has 1 aromatic rings. The van der Waals surface area contributed by atoms with Crippen LogP contribution in [0.25, 0.3) is 0 Å². The number of methoxy groups -OCH3 is 1. The topological polar surface area (TPSA) is 72.6 Å². The number of aliphatic carboxylic acids is 1. The van der Waals surface area contributed by atoms with Crippen LogP contribution in [0.1, 0.15) is 43.7 Å². The third-order valence-electron chi connectivity index (χ3n) is 2.09. The summed E-state index contributed by atoms with van der Waals surface area (Å²) in [7, 11) is 1.46. The lowest BCUT2D eigenvalue weighted by Gasteiger charge is -2.08. The molecule has 1 unspecified atom stereocenters. The van der Waals surface area contributed by atoms with E-state index >= 15 is 0 Å². The molecule has 5 heteroatoms. The third-order valence-corrected chi connectivity index (χ3v) is 2.09. The second kappa shape index (κ2) is 4.93. The van der Waals surface area contributed by atoms with Crippen molar-refractivity contribution in [2.24, 2.45) is 0 Å². The van der Waals surface area contributed by atoms with Gasteiger partial charge in [-0.25, -0.2) is 0 Å². The van der Waals surface area contributed by atoms with Crippen molar-refractivity contribution in [2.75, 3.05) is 7.11 Å². The molecule has 0 aliphatic heterocycles. The molecule has 1 atom stereocenters. The predicted molar refractivity (Wildman–Crippen MR) is 52.6 cm³/mol. The number of rotatable bonds is 5. The Morgan fingerprint density at radius 1 is 1.67 bits per heavy atom. The smallest absolute Gasteiger partial charge is 0.306 e. The summed E-state index contributed by atoms with van der Waals surface area (Å²) in [6.07, 6.45) is -0.653. The lowest BCUT2D eigenvalue weighted by atomic mass is 10.1. The number of aromatic nitrogens is 1. The van der Waals surface area contributed by atoms with E-state index in [2.05, 4.69) is 5.16 Å². The van der Waals surface area contributed by atoms with Crippen LogP contribution in [0.2, 0.25) is 0 Å². The first-order valence-electron chi connectivity index (χ1n) is 4.75. The average Bonchev–Trinajstić information content (AvgIpc) is 2.62. The fraction of sp³-hybridized carbons (Fsp3) is 0.600. The van der Waals surface area contributed by atoms with Gasteiger partial charge in [0, 0.05) is 19.1 Å². The Morgan fingerprint density at radius 2 is 2.33 bits per heavy atom. The minimum Gasteiger partial charge on any atom is -0.481 e. The molecule has 0 saturated carbocycles. The van der Waals surface area contributed by atoms with E-state index in [0.717, 1.165) is 5.76 Å². The highest BCUT2D eigenvalue weighted by atomic mass is 16.5. The van der Waals surface area contributed by atoms with Crippen LogP contribution in [0.3, 0.4) is 0 Å². The summed E-state index contributed by atoms with van der Waals surface area (Å²) >= 11 is 0. The van der Waals surface area contributed by atoms with Crippen LogP contribution in [0, 0.1) is 0 Å². The van der Waals surface area contributed by atoms with E-state index in [-0.39, 0.29) is 12.3 Å². The normalized spacial score (nSPS) is 13.1. The van der Waals surface area contributed by atoms with Crippen molar-refractivity contribution in [1.29, 1.82) is 0 Å². The maximum atomic E-state index is 10.5. The molecule has 5 nitrogen and oxygen atoms in total. The highest BCUT2D eigenvalue weighted by molar-refractivity contribution is 5.67. The SMILES string of the molecule is COC(CC(=O)O)c1cc(C(C)C)on1. The largest absolute Gasteiger partial charge is 0.481 e. The molecular formula is C10H15NO4. The number of ether oxygens (including phenoxy) is 1. The maximum Gasteiger partial charge on any atom is 0.306 e. The van der Waals surface area contributed by atoms with Crippen LogP contribution in [0.15, 0.2) is 10.6 Å². The standard InChI is InChI=1S/C10H15NO4/c1-6(2)8-4-7(11-15-8)9(14-3)5-10(12)13/h4,6,9H,5H2,1-3H3,(H,12,13). The average molecular weight is 213 g/mol. The monoisotopic (exact) mass is 213 g/mol. The second-order valence-corrected chi connectivity index (χ2v) is 3.63. The van der Waals surface area contributed by atoms with Crippen molar-refractivity contribution in [1.82, 2.24) is 5.16 Å². The first-order chi connectivity index (χ1) is 7.04. The Balaban J connectivity index is 2.78. The molecule has 1 N–H and O–H groups in total. The zero-order valence-electron chi connectivity index (χ0n) is 9.06. The predicted octanol–water partition coefficient (Wildman–Crippen LogP) is 1.96. The molecule has 1 rings (SSSR count). The zero-order valence-corrected chi connectivity index (χ0v) is 9.06. The van der Waals surface area contributed by atoms with Crippen molar-refractivity contribution < 1.29 is 19.2 Å². The van der Waals surface area contributed by atoms with Gasteiger partial charge in [0.25, 0.3) is 0 Å². The van der Waals surface area contributed by atoms with Gasteiger partial charge < -0.3 is 14.4 Å². The number of hydrogen-bond donors (Lipinski definition) is 1. The quantitative estimate of drug-likeness (QED) is 0.809. The van der Waals surface area contributed by atoms with Crippen molar-refractivity contribution >= 4 is 5.97 Å². The van der Waals surface area contributed by atoms with E-state index in [1.807, 2.05) is 13.8 Å². The summed E-state index contributed by atoms with van der Waals surface area (Å²) in [5.74, 6) is 0.0435. The van der Waals surface area contributed by atoms with Crippen molar-refractivity contribution in [3.05, 3.63) is 17.5 Å². The van der Waals surface area contributed by atoms with Gasteiger partial charge in [0.15, 0.2) is 0 Å². The molecule has 0 fully saturated rings. The van der Waals surface area contributed by atoms with E-state index < -0.39 is 12.1 Å². The van der Waals surface area contributed by atoms with Crippen molar-refractivity contribution in [3.8, 4) is 0 Å². The van der Waals surface area contributed by atoms with Gasteiger partial charge in [0.05, 0.1) is 6.42 Å². The molecule has 1 heterocycles. The first kappa shape index (κ1) is 11.7. The highest BCUT2D eigenvalue weighted by Crippen LogP contribution is 2.23. The van der Waals surface area contributed by atoms with Gasteiger partial charge in [0.2, 0.25) is 0 Å². The summed E-state index contributed by atoms with van der Waals surface area (Å²) in [6.45, 7) is 3.95. The molecule has 15 heavy (non-hydrogen) atoms. The molecule has 0 aliphatic rings. The summed E-state index contributed by atoms with van der Waals surface area (Å²) < 4.78 is 10.1. The van der Waals surface area contributed by atoms with Crippen LogP contribution < -0.4 is 0 Å². The number of carboxylic acids is 1. The third kappa shape index (κ3) is 3.06. The van der Waals surface area contributed by atoms with Gasteiger partial charge in [-0.2, -0.15) is 0 Å². The summed E-state index contributed by atoms with van der Waals surface area (Å²) in [4.78, 5) is 10.5. The zero-order chi connectivity index (χ0) is 11.4. The van der Waals surface area contributed by atoms with Crippen molar-refractivity contribution in [3.63, 3.8) is 0 Å². The van der Waals surface area contributed by atoms with Gasteiger partial charge in [-0.05, 0) is 0 Å². The van der Waals surface area contributed by atoms with Crippen LogP contribution in [-0.4, -0.2) is 23.3 Å². The molecule has 0 saturated heterocycles. The van der Waals surface area contributed by atoms with Crippen LogP contribution in [0.5, 0.6) is 0 Å². The first-order valence-corrected chi connectivity index (χ1v) is 4.75. The number of hydrogen-bond acceptors (Lipinski definition) is 4. The molecule has 0 radical (unpaired) electrons. The molecule has 0 spiro atoms. The molecule has 84 valence electrons. The molecule has 0 amide bonds. The Kier molecular flexibility index (Phi) is 3.85. The Bertz CT molecular complexity index is 332. The van der Waals surface area contributed by atoms with Gasteiger partial charge in [-0.3, -0.25) is 4.79 Å². The van der Waals surface area contributed by atoms with E-state index in [0.29, 0.717) is 5.69 Å². The fourth-order valence-corrected chi connectivity index (χ4v) is 1.19. The van der Waals surface area contributed by atoms with Gasteiger partial charge in [0.1, 0.15) is 17.6 Å². The molecule has 0 bridgehead atoms. The highest BCUT2D eigenvalue weighted by Gasteiger charge is 2.19. The minimum atomic E-state index is -0.920. The molecule has 1 aromatic heterocycles. The Morgan fingerprint density at radius 3 is 2.73 bits per heavy atom. The van der Waals surface area contributed by atoms with Crippen molar-refractivity contribution in [2.45, 2.75) is 32.3 Å². The summed E-state index contributed by atoms with van der Waals surface area (Å²) in [5, 5.41) is 12.5. The van der Waals surface area contributed by atoms with E-state index in [1.165, 1.54) is 7.11 Å². The summed E-state index contributed by atoms with van der Waals surface area (Å²) in [5.41, 5.74) is 0.531. The molecule has 0 aromatic carbocycles. The molecular weight excluding hydrogens is 198 g/mol. The summed E-state index contributed by atoms with van der Waals surface area (Å²) in [6, 6.07) is 1.74. The van der Waals surface area contributed by atoms with Gasteiger partial charge in [-0.15, -0.1) is 0 Å².